The molecular weight excluding hydrogens is 254 g/mol. The van der Waals surface area contributed by atoms with Gasteiger partial charge in [-0.3, -0.25) is 4.79 Å². The Balaban J connectivity index is 2.81. The van der Waals surface area contributed by atoms with Crippen molar-refractivity contribution in [2.24, 2.45) is 0 Å². The summed E-state index contributed by atoms with van der Waals surface area (Å²) in [6, 6.07) is 5.70. The van der Waals surface area contributed by atoms with Gasteiger partial charge in [0.15, 0.2) is 0 Å². The van der Waals surface area contributed by atoms with Crippen LogP contribution in [-0.4, -0.2) is 12.5 Å². The van der Waals surface area contributed by atoms with E-state index in [0.717, 1.165) is 15.6 Å². The predicted octanol–water partition coefficient (Wildman–Crippen LogP) is 3.06. The number of aryl methyl sites for hydroxylation is 1. The van der Waals surface area contributed by atoms with Crippen LogP contribution >= 0.6 is 15.9 Å². The molecule has 0 aliphatic heterocycles. The van der Waals surface area contributed by atoms with E-state index < -0.39 is 0 Å². The quantitative estimate of drug-likeness (QED) is 0.839. The van der Waals surface area contributed by atoms with E-state index in [1.807, 2.05) is 32.0 Å². The Morgan fingerprint density at radius 2 is 2.20 bits per heavy atom. The summed E-state index contributed by atoms with van der Waals surface area (Å²) in [4.78, 5) is 11.7. The minimum atomic E-state index is -0.0754. The average Bonchev–Trinajstić information content (AvgIpc) is 2.18. The minimum Gasteiger partial charge on any atom is -0.348 e. The lowest BCUT2D eigenvalue weighted by molar-refractivity contribution is 0.0956. The second-order valence-electron chi connectivity index (χ2n) is 3.62. The molecule has 15 heavy (non-hydrogen) atoms. The third kappa shape index (κ3) is 3.51. The molecule has 0 bridgehead atoms. The fourth-order valence-electron chi connectivity index (χ4n) is 1.14. The molecule has 1 aromatic rings. The summed E-state index contributed by atoms with van der Waals surface area (Å²) in [5, 5.41) is 2.80. The van der Waals surface area contributed by atoms with E-state index in [2.05, 4.69) is 27.8 Å². The topological polar surface area (TPSA) is 29.1 Å². The van der Waals surface area contributed by atoms with Crippen molar-refractivity contribution in [2.75, 3.05) is 6.54 Å². The van der Waals surface area contributed by atoms with E-state index in [0.29, 0.717) is 12.1 Å². The summed E-state index contributed by atoms with van der Waals surface area (Å²) in [5.74, 6) is -0.0754. The van der Waals surface area contributed by atoms with E-state index >= 15 is 0 Å². The number of amides is 1. The number of carbonyl (C=O) groups excluding carboxylic acids is 1. The first-order valence-corrected chi connectivity index (χ1v) is 5.48. The molecule has 1 aromatic carbocycles. The standard InChI is InChI=1S/C12H14BrNO/c1-8(2)7-14-12(15)10-6-9(3)4-5-11(10)13/h4-6H,1,7H2,2-3H3,(H,14,15). The van der Waals surface area contributed by atoms with Crippen LogP contribution in [0.15, 0.2) is 34.8 Å². The third-order valence-electron chi connectivity index (χ3n) is 1.92. The van der Waals surface area contributed by atoms with Gasteiger partial charge in [0.25, 0.3) is 5.91 Å². The van der Waals surface area contributed by atoms with Gasteiger partial charge in [0, 0.05) is 11.0 Å². The molecule has 0 saturated carbocycles. The third-order valence-corrected chi connectivity index (χ3v) is 2.61. The van der Waals surface area contributed by atoms with Gasteiger partial charge < -0.3 is 5.32 Å². The summed E-state index contributed by atoms with van der Waals surface area (Å²) < 4.78 is 0.812. The molecule has 1 amide bonds. The highest BCUT2D eigenvalue weighted by molar-refractivity contribution is 9.10. The lowest BCUT2D eigenvalue weighted by Crippen LogP contribution is -2.25. The van der Waals surface area contributed by atoms with Gasteiger partial charge in [-0.05, 0) is 41.9 Å². The van der Waals surface area contributed by atoms with Crippen LogP contribution in [-0.2, 0) is 0 Å². The number of halogens is 1. The van der Waals surface area contributed by atoms with Crippen molar-refractivity contribution >= 4 is 21.8 Å². The molecular formula is C12H14BrNO. The summed E-state index contributed by atoms with van der Waals surface area (Å²) in [6.07, 6.45) is 0. The predicted molar refractivity (Wildman–Crippen MR) is 66.0 cm³/mol. The second-order valence-corrected chi connectivity index (χ2v) is 4.48. The van der Waals surface area contributed by atoms with Crippen LogP contribution in [0.3, 0.4) is 0 Å². The normalized spacial score (nSPS) is 9.80. The van der Waals surface area contributed by atoms with Gasteiger partial charge in [-0.1, -0.05) is 23.8 Å². The Labute approximate surface area is 98.5 Å². The van der Waals surface area contributed by atoms with E-state index in [1.165, 1.54) is 0 Å². The van der Waals surface area contributed by atoms with E-state index in [-0.39, 0.29) is 5.91 Å². The number of nitrogens with one attached hydrogen (secondary N) is 1. The van der Waals surface area contributed by atoms with Crippen LogP contribution in [0, 0.1) is 6.92 Å². The van der Waals surface area contributed by atoms with Crippen LogP contribution in [0.2, 0.25) is 0 Å². The maximum absolute atomic E-state index is 11.7. The summed E-state index contributed by atoms with van der Waals surface area (Å²) in [6.45, 7) is 8.09. The smallest absolute Gasteiger partial charge is 0.252 e. The Morgan fingerprint density at radius 1 is 1.53 bits per heavy atom. The fourth-order valence-corrected chi connectivity index (χ4v) is 1.57. The first-order valence-electron chi connectivity index (χ1n) is 4.69. The largest absolute Gasteiger partial charge is 0.348 e. The highest BCUT2D eigenvalue weighted by Crippen LogP contribution is 2.17. The summed E-state index contributed by atoms with van der Waals surface area (Å²) in [7, 11) is 0. The molecule has 1 N–H and O–H groups in total. The number of benzene rings is 1. The monoisotopic (exact) mass is 267 g/mol. The molecule has 1 rings (SSSR count). The molecule has 0 unspecified atom stereocenters. The van der Waals surface area contributed by atoms with Crippen LogP contribution in [0.4, 0.5) is 0 Å². The maximum Gasteiger partial charge on any atom is 0.252 e. The Bertz CT molecular complexity index is 399. The zero-order chi connectivity index (χ0) is 11.4. The lowest BCUT2D eigenvalue weighted by atomic mass is 10.1. The van der Waals surface area contributed by atoms with Gasteiger partial charge in [0.1, 0.15) is 0 Å². The molecule has 0 fully saturated rings. The van der Waals surface area contributed by atoms with Gasteiger partial charge in [-0.2, -0.15) is 0 Å². The molecule has 3 heteroatoms. The fraction of sp³-hybridized carbons (Fsp3) is 0.250. The average molecular weight is 268 g/mol. The molecule has 0 heterocycles. The van der Waals surface area contributed by atoms with Gasteiger partial charge in [0.2, 0.25) is 0 Å². The summed E-state index contributed by atoms with van der Waals surface area (Å²) in [5.41, 5.74) is 2.67. The molecule has 0 aliphatic carbocycles. The molecule has 2 nitrogen and oxygen atoms in total. The Morgan fingerprint density at radius 3 is 2.80 bits per heavy atom. The maximum atomic E-state index is 11.7. The van der Waals surface area contributed by atoms with Crippen molar-refractivity contribution in [3.63, 3.8) is 0 Å². The Kier molecular flexibility index (Phi) is 4.09. The number of hydrogen-bond acceptors (Lipinski definition) is 1. The highest BCUT2D eigenvalue weighted by atomic mass is 79.9. The van der Waals surface area contributed by atoms with Crippen molar-refractivity contribution in [3.8, 4) is 0 Å². The van der Waals surface area contributed by atoms with Gasteiger partial charge >= 0.3 is 0 Å². The van der Waals surface area contributed by atoms with Crippen molar-refractivity contribution < 1.29 is 4.79 Å². The number of carbonyl (C=O) groups is 1. The van der Waals surface area contributed by atoms with Crippen LogP contribution in [0.1, 0.15) is 22.8 Å². The zero-order valence-electron chi connectivity index (χ0n) is 8.93. The Hall–Kier alpha value is -1.09. The lowest BCUT2D eigenvalue weighted by Gasteiger charge is -2.07. The number of rotatable bonds is 3. The van der Waals surface area contributed by atoms with Gasteiger partial charge in [-0.25, -0.2) is 0 Å². The van der Waals surface area contributed by atoms with E-state index in [4.69, 9.17) is 0 Å². The molecule has 0 spiro atoms. The van der Waals surface area contributed by atoms with Gasteiger partial charge in [-0.15, -0.1) is 0 Å². The first kappa shape index (κ1) is 12.0. The van der Waals surface area contributed by atoms with Crippen LogP contribution in [0.25, 0.3) is 0 Å². The second kappa shape index (κ2) is 5.12. The van der Waals surface area contributed by atoms with E-state index in [9.17, 15) is 4.79 Å². The summed E-state index contributed by atoms with van der Waals surface area (Å²) >= 11 is 3.35. The molecule has 0 atom stereocenters. The van der Waals surface area contributed by atoms with Gasteiger partial charge in [0.05, 0.1) is 5.56 Å². The van der Waals surface area contributed by atoms with Crippen molar-refractivity contribution in [1.29, 1.82) is 0 Å². The first-order chi connectivity index (χ1) is 7.00. The SMILES string of the molecule is C=C(C)CNC(=O)c1cc(C)ccc1Br. The minimum absolute atomic E-state index is 0.0754. The highest BCUT2D eigenvalue weighted by Gasteiger charge is 2.09. The van der Waals surface area contributed by atoms with Crippen molar-refractivity contribution in [1.82, 2.24) is 5.32 Å². The molecule has 0 saturated heterocycles. The van der Waals surface area contributed by atoms with Crippen LogP contribution in [0.5, 0.6) is 0 Å². The van der Waals surface area contributed by atoms with E-state index in [1.54, 1.807) is 0 Å². The van der Waals surface area contributed by atoms with Crippen molar-refractivity contribution in [2.45, 2.75) is 13.8 Å². The molecule has 0 aromatic heterocycles. The van der Waals surface area contributed by atoms with Crippen molar-refractivity contribution in [3.05, 3.63) is 46.0 Å². The molecule has 80 valence electrons. The number of hydrogen-bond donors (Lipinski definition) is 1. The molecule has 0 aliphatic rings. The zero-order valence-corrected chi connectivity index (χ0v) is 10.5. The van der Waals surface area contributed by atoms with Crippen LogP contribution < -0.4 is 5.32 Å². The molecule has 0 radical (unpaired) electrons.